The quantitative estimate of drug-likeness (QED) is 0.610. The number of hydrogen-bond acceptors (Lipinski definition) is 1. The number of fused-ring (bicyclic) bond motifs is 1. The van der Waals surface area contributed by atoms with Gasteiger partial charge < -0.3 is 10.7 Å². The van der Waals surface area contributed by atoms with Crippen molar-refractivity contribution < 1.29 is 0 Å². The smallest absolute Gasteiger partial charge is 0.108 e. The van der Waals surface area contributed by atoms with E-state index in [0.29, 0.717) is 0 Å². The fourth-order valence-electron chi connectivity index (χ4n) is 1.56. The number of nitrogens with two attached hydrogens (primary N) is 1. The molecule has 3 N–H and O–H groups in total. The monoisotopic (exact) mass is 160 g/mol. The third kappa shape index (κ3) is 0.881. The predicted molar refractivity (Wildman–Crippen MR) is 51.3 cm³/mol. The number of anilines is 1. The highest BCUT2D eigenvalue weighted by Gasteiger charge is 2.09. The van der Waals surface area contributed by atoms with Gasteiger partial charge in [-0.25, -0.2) is 0 Å². The van der Waals surface area contributed by atoms with Crippen molar-refractivity contribution in [1.29, 1.82) is 0 Å². The summed E-state index contributed by atoms with van der Waals surface area (Å²) in [6.07, 6.45) is 0. The molecule has 0 aromatic heterocycles. The molecule has 2 nitrogen and oxygen atoms in total. The molecule has 0 aromatic carbocycles. The molecule has 12 heavy (non-hydrogen) atoms. The van der Waals surface area contributed by atoms with Crippen molar-refractivity contribution in [2.75, 3.05) is 5.73 Å². The molecule has 0 saturated heterocycles. The van der Waals surface area contributed by atoms with E-state index in [-0.39, 0.29) is 0 Å². The van der Waals surface area contributed by atoms with Gasteiger partial charge in [0.15, 0.2) is 0 Å². The summed E-state index contributed by atoms with van der Waals surface area (Å²) in [4.78, 5) is 3.10. The minimum atomic E-state index is 0.762. The lowest BCUT2D eigenvalue weighted by molar-refractivity contribution is 1.21. The first-order valence-corrected chi connectivity index (χ1v) is 4.03. The van der Waals surface area contributed by atoms with Crippen LogP contribution in [-0.2, 0) is 0 Å². The van der Waals surface area contributed by atoms with E-state index in [2.05, 4.69) is 30.1 Å². The molecule has 1 heterocycles. The molecule has 0 aromatic rings. The van der Waals surface area contributed by atoms with Crippen LogP contribution in [0, 0.1) is 13.8 Å². The zero-order valence-electron chi connectivity index (χ0n) is 7.31. The van der Waals surface area contributed by atoms with E-state index in [0.717, 1.165) is 17.1 Å². The number of rotatable bonds is 0. The highest BCUT2D eigenvalue weighted by molar-refractivity contribution is 5.79. The second-order valence-electron chi connectivity index (χ2n) is 3.21. The number of nitrogens with one attached hydrogen (secondary N) is 1. The van der Waals surface area contributed by atoms with Crippen LogP contribution in [0.4, 0.5) is 5.82 Å². The molecular weight excluding hydrogens is 148 g/mol. The Hall–Kier alpha value is -1.44. The Morgan fingerprint density at radius 1 is 1.17 bits per heavy atom. The first kappa shape index (κ1) is 7.22. The highest BCUT2D eigenvalue weighted by atomic mass is 14.8. The molecule has 0 radical (unpaired) electrons. The summed E-state index contributed by atoms with van der Waals surface area (Å²) < 4.78 is 0. The lowest BCUT2D eigenvalue weighted by Gasteiger charge is -2.06. The fraction of sp³-hybridized carbons (Fsp3) is 0.200. The summed E-state index contributed by atoms with van der Waals surface area (Å²) in [6, 6.07) is 6.27. The van der Waals surface area contributed by atoms with Crippen molar-refractivity contribution in [3.8, 4) is 11.1 Å². The number of hydrogen-bond donors (Lipinski definition) is 2. The van der Waals surface area contributed by atoms with Crippen LogP contribution in [0.25, 0.3) is 11.1 Å². The lowest BCUT2D eigenvalue weighted by Crippen LogP contribution is -1.95. The molecule has 2 rings (SSSR count). The summed E-state index contributed by atoms with van der Waals surface area (Å²) in [6.45, 7) is 4.11. The summed E-state index contributed by atoms with van der Waals surface area (Å²) in [5.74, 6) is 0.762. The third-order valence-corrected chi connectivity index (χ3v) is 2.20. The van der Waals surface area contributed by atoms with Gasteiger partial charge in [0, 0.05) is 11.3 Å². The Morgan fingerprint density at radius 3 is 2.67 bits per heavy atom. The van der Waals surface area contributed by atoms with Crippen LogP contribution in [0.1, 0.15) is 11.3 Å². The van der Waals surface area contributed by atoms with Gasteiger partial charge in [-0.15, -0.1) is 0 Å². The topological polar surface area (TPSA) is 41.8 Å². The standard InChI is InChI=1S/C10H12N2/c1-6-3-4-8-9(6)5-7(2)12-10(8)11/h3-5,12H,11H2,1-2H3. The van der Waals surface area contributed by atoms with Crippen molar-refractivity contribution in [3.05, 3.63) is 29.5 Å². The number of pyridine rings is 1. The summed E-state index contributed by atoms with van der Waals surface area (Å²) >= 11 is 0. The minimum absolute atomic E-state index is 0.762. The SMILES string of the molecule is Cc1cc2c(C)ccc-2c(N)[nH]1. The Morgan fingerprint density at radius 2 is 1.92 bits per heavy atom. The minimum Gasteiger partial charge on any atom is -0.385 e. The molecular formula is C10H12N2. The summed E-state index contributed by atoms with van der Waals surface area (Å²) in [7, 11) is 0. The first-order valence-electron chi connectivity index (χ1n) is 4.03. The molecule has 0 spiro atoms. The molecule has 2 aliphatic rings. The van der Waals surface area contributed by atoms with E-state index in [1.165, 1.54) is 11.1 Å². The predicted octanol–water partition coefficient (Wildman–Crippen LogP) is 2.32. The molecule has 0 saturated carbocycles. The Balaban J connectivity index is 2.81. The Kier molecular flexibility index (Phi) is 1.37. The van der Waals surface area contributed by atoms with Gasteiger partial charge in [0.1, 0.15) is 5.82 Å². The third-order valence-electron chi connectivity index (χ3n) is 2.20. The number of aryl methyl sites for hydroxylation is 2. The first-order chi connectivity index (χ1) is 5.68. The molecule has 0 bridgehead atoms. The molecule has 0 amide bonds. The summed E-state index contributed by atoms with van der Waals surface area (Å²) in [5.41, 5.74) is 10.6. The maximum Gasteiger partial charge on any atom is 0.108 e. The number of nitrogen functional groups attached to an aromatic ring is 1. The molecule has 0 fully saturated rings. The van der Waals surface area contributed by atoms with Crippen LogP contribution in [-0.4, -0.2) is 4.98 Å². The summed E-state index contributed by atoms with van der Waals surface area (Å²) in [5, 5.41) is 0. The molecule has 0 atom stereocenters. The Labute approximate surface area is 71.7 Å². The maximum absolute atomic E-state index is 5.81. The lowest BCUT2D eigenvalue weighted by atomic mass is 10.1. The second-order valence-corrected chi connectivity index (χ2v) is 3.21. The second kappa shape index (κ2) is 2.27. The maximum atomic E-state index is 5.81. The molecule has 1 aliphatic carbocycles. The van der Waals surface area contributed by atoms with Gasteiger partial charge in [-0.2, -0.15) is 0 Å². The number of aromatic amines is 1. The van der Waals surface area contributed by atoms with Crippen molar-refractivity contribution >= 4 is 5.82 Å². The van der Waals surface area contributed by atoms with E-state index >= 15 is 0 Å². The van der Waals surface area contributed by atoms with Crippen molar-refractivity contribution in [3.63, 3.8) is 0 Å². The average Bonchev–Trinajstić information content (AvgIpc) is 2.33. The molecule has 62 valence electrons. The van der Waals surface area contributed by atoms with Crippen LogP contribution in [0.5, 0.6) is 0 Å². The number of aromatic nitrogens is 1. The van der Waals surface area contributed by atoms with Crippen molar-refractivity contribution in [2.24, 2.45) is 0 Å². The van der Waals surface area contributed by atoms with Crippen LogP contribution >= 0.6 is 0 Å². The van der Waals surface area contributed by atoms with Crippen LogP contribution in [0.2, 0.25) is 0 Å². The largest absolute Gasteiger partial charge is 0.385 e. The van der Waals surface area contributed by atoms with Crippen molar-refractivity contribution in [1.82, 2.24) is 4.98 Å². The Bertz CT molecular complexity index is 387. The van der Waals surface area contributed by atoms with E-state index in [1.54, 1.807) is 0 Å². The van der Waals surface area contributed by atoms with Crippen molar-refractivity contribution in [2.45, 2.75) is 13.8 Å². The van der Waals surface area contributed by atoms with E-state index in [9.17, 15) is 0 Å². The van der Waals surface area contributed by atoms with E-state index in [4.69, 9.17) is 5.73 Å². The van der Waals surface area contributed by atoms with Crippen LogP contribution in [0.15, 0.2) is 18.2 Å². The van der Waals surface area contributed by atoms with Gasteiger partial charge in [0.05, 0.1) is 0 Å². The van der Waals surface area contributed by atoms with E-state index < -0.39 is 0 Å². The van der Waals surface area contributed by atoms with E-state index in [1.807, 2.05) is 6.92 Å². The van der Waals surface area contributed by atoms with Gasteiger partial charge in [-0.1, -0.05) is 12.1 Å². The zero-order chi connectivity index (χ0) is 8.72. The fourth-order valence-corrected chi connectivity index (χ4v) is 1.56. The molecule has 0 unspecified atom stereocenters. The molecule has 2 heteroatoms. The van der Waals surface area contributed by atoms with Gasteiger partial charge >= 0.3 is 0 Å². The highest BCUT2D eigenvalue weighted by Crippen LogP contribution is 2.31. The van der Waals surface area contributed by atoms with Crippen LogP contribution in [0.3, 0.4) is 0 Å². The van der Waals surface area contributed by atoms with Gasteiger partial charge in [-0.05, 0) is 31.0 Å². The number of H-pyrrole nitrogens is 1. The molecule has 1 aliphatic heterocycles. The van der Waals surface area contributed by atoms with Gasteiger partial charge in [0.2, 0.25) is 0 Å². The average molecular weight is 160 g/mol. The van der Waals surface area contributed by atoms with Gasteiger partial charge in [0.25, 0.3) is 0 Å². The normalized spacial score (nSPS) is 10.8. The van der Waals surface area contributed by atoms with Crippen LogP contribution < -0.4 is 5.73 Å². The van der Waals surface area contributed by atoms with Gasteiger partial charge in [-0.3, -0.25) is 0 Å². The zero-order valence-corrected chi connectivity index (χ0v) is 7.31.